The normalized spacial score (nSPS) is 13.2. The van der Waals surface area contributed by atoms with Crippen molar-refractivity contribution in [3.05, 3.63) is 22.4 Å². The predicted octanol–water partition coefficient (Wildman–Crippen LogP) is 1.42. The zero-order valence-electron chi connectivity index (χ0n) is 6.94. The number of hydrogen-bond donors (Lipinski definition) is 2. The van der Waals surface area contributed by atoms with Crippen LogP contribution in [0.3, 0.4) is 0 Å². The topological polar surface area (TPSA) is 40.5 Å². The Bertz CT molecular complexity index is 196. The summed E-state index contributed by atoms with van der Waals surface area (Å²) >= 11 is 1.64. The molecule has 0 bridgehead atoms. The molecule has 0 aromatic carbocycles. The van der Waals surface area contributed by atoms with Crippen molar-refractivity contribution >= 4 is 11.3 Å². The van der Waals surface area contributed by atoms with Gasteiger partial charge >= 0.3 is 0 Å². The second-order valence-electron chi connectivity index (χ2n) is 2.86. The standard InChI is InChI=1S/C9H14O2S/c10-4-1-2-9(11)6-8-3-5-12-7-8/h3,5,7,9-11H,1-2,4,6H2. The summed E-state index contributed by atoms with van der Waals surface area (Å²) in [5, 5.41) is 22.0. The van der Waals surface area contributed by atoms with Crippen molar-refractivity contribution in [3.8, 4) is 0 Å². The summed E-state index contributed by atoms with van der Waals surface area (Å²) in [6, 6.07) is 2.02. The minimum atomic E-state index is -0.299. The highest BCUT2D eigenvalue weighted by Gasteiger charge is 2.04. The summed E-state index contributed by atoms with van der Waals surface area (Å²) in [5.74, 6) is 0. The van der Waals surface area contributed by atoms with Crippen molar-refractivity contribution in [2.45, 2.75) is 25.4 Å². The van der Waals surface area contributed by atoms with E-state index >= 15 is 0 Å². The van der Waals surface area contributed by atoms with E-state index in [1.807, 2.05) is 16.8 Å². The van der Waals surface area contributed by atoms with Crippen molar-refractivity contribution in [2.75, 3.05) is 6.61 Å². The lowest BCUT2D eigenvalue weighted by Crippen LogP contribution is -2.10. The molecule has 1 aromatic rings. The molecular weight excluding hydrogens is 172 g/mol. The third-order valence-corrected chi connectivity index (χ3v) is 2.48. The van der Waals surface area contributed by atoms with Gasteiger partial charge < -0.3 is 10.2 Å². The summed E-state index contributed by atoms with van der Waals surface area (Å²) in [4.78, 5) is 0. The minimum absolute atomic E-state index is 0.167. The van der Waals surface area contributed by atoms with Gasteiger partial charge in [0.1, 0.15) is 0 Å². The molecule has 1 heterocycles. The van der Waals surface area contributed by atoms with Gasteiger partial charge in [0.15, 0.2) is 0 Å². The van der Waals surface area contributed by atoms with Crippen molar-refractivity contribution in [2.24, 2.45) is 0 Å². The van der Waals surface area contributed by atoms with Crippen LogP contribution in [-0.4, -0.2) is 22.9 Å². The Labute approximate surface area is 76.5 Å². The summed E-state index contributed by atoms with van der Waals surface area (Å²) in [6.45, 7) is 0.167. The molecule has 0 aliphatic rings. The van der Waals surface area contributed by atoms with Crippen LogP contribution in [0.5, 0.6) is 0 Å². The van der Waals surface area contributed by atoms with Gasteiger partial charge in [0.05, 0.1) is 6.10 Å². The zero-order chi connectivity index (χ0) is 8.81. The third-order valence-electron chi connectivity index (χ3n) is 1.75. The Hall–Kier alpha value is -0.380. The molecule has 1 aromatic heterocycles. The van der Waals surface area contributed by atoms with Crippen molar-refractivity contribution in [1.29, 1.82) is 0 Å². The first-order chi connectivity index (χ1) is 5.83. The van der Waals surface area contributed by atoms with E-state index < -0.39 is 0 Å². The van der Waals surface area contributed by atoms with Crippen LogP contribution in [0.2, 0.25) is 0 Å². The van der Waals surface area contributed by atoms with E-state index in [9.17, 15) is 5.11 Å². The van der Waals surface area contributed by atoms with E-state index in [1.165, 1.54) is 5.56 Å². The van der Waals surface area contributed by atoms with Gasteiger partial charge in [-0.15, -0.1) is 0 Å². The minimum Gasteiger partial charge on any atom is -0.396 e. The Morgan fingerprint density at radius 3 is 2.92 bits per heavy atom. The molecule has 1 rings (SSSR count). The van der Waals surface area contributed by atoms with Crippen LogP contribution in [0, 0.1) is 0 Å². The third kappa shape index (κ3) is 3.34. The molecule has 68 valence electrons. The lowest BCUT2D eigenvalue weighted by atomic mass is 10.1. The number of thiophene rings is 1. The van der Waals surface area contributed by atoms with Gasteiger partial charge in [0, 0.05) is 6.61 Å². The maximum atomic E-state index is 9.45. The molecule has 2 nitrogen and oxygen atoms in total. The first-order valence-electron chi connectivity index (χ1n) is 4.13. The van der Waals surface area contributed by atoms with Crippen LogP contribution in [0.4, 0.5) is 0 Å². The van der Waals surface area contributed by atoms with Crippen molar-refractivity contribution in [1.82, 2.24) is 0 Å². The van der Waals surface area contributed by atoms with E-state index in [1.54, 1.807) is 11.3 Å². The fourth-order valence-electron chi connectivity index (χ4n) is 1.11. The first-order valence-corrected chi connectivity index (χ1v) is 5.07. The van der Waals surface area contributed by atoms with Gasteiger partial charge in [-0.25, -0.2) is 0 Å². The van der Waals surface area contributed by atoms with Crippen LogP contribution >= 0.6 is 11.3 Å². The van der Waals surface area contributed by atoms with E-state index in [2.05, 4.69) is 0 Å². The lowest BCUT2D eigenvalue weighted by molar-refractivity contribution is 0.150. The molecule has 0 spiro atoms. The maximum absolute atomic E-state index is 9.45. The molecule has 12 heavy (non-hydrogen) atoms. The summed E-state index contributed by atoms with van der Waals surface area (Å²) in [7, 11) is 0. The molecule has 0 aliphatic carbocycles. The monoisotopic (exact) mass is 186 g/mol. The zero-order valence-corrected chi connectivity index (χ0v) is 7.76. The molecule has 0 aliphatic heterocycles. The maximum Gasteiger partial charge on any atom is 0.0581 e. The fraction of sp³-hybridized carbons (Fsp3) is 0.556. The highest BCUT2D eigenvalue weighted by Crippen LogP contribution is 2.10. The van der Waals surface area contributed by atoms with Crippen LogP contribution in [0.25, 0.3) is 0 Å². The first kappa shape index (κ1) is 9.71. The Kier molecular flexibility index (Phi) is 4.29. The smallest absolute Gasteiger partial charge is 0.0581 e. The van der Waals surface area contributed by atoms with Gasteiger partial charge in [-0.2, -0.15) is 11.3 Å². The highest BCUT2D eigenvalue weighted by molar-refractivity contribution is 7.07. The van der Waals surface area contributed by atoms with Gasteiger partial charge in [0.2, 0.25) is 0 Å². The summed E-state index contributed by atoms with van der Waals surface area (Å²) in [6.07, 6.45) is 1.79. The van der Waals surface area contributed by atoms with E-state index in [0.717, 1.165) is 0 Å². The summed E-state index contributed by atoms with van der Waals surface area (Å²) in [5.41, 5.74) is 1.19. The van der Waals surface area contributed by atoms with Gasteiger partial charge in [0.25, 0.3) is 0 Å². The van der Waals surface area contributed by atoms with E-state index in [-0.39, 0.29) is 12.7 Å². The lowest BCUT2D eigenvalue weighted by Gasteiger charge is -2.07. The average Bonchev–Trinajstić information content (AvgIpc) is 2.53. The number of aliphatic hydroxyl groups excluding tert-OH is 2. The van der Waals surface area contributed by atoms with Crippen LogP contribution in [0.1, 0.15) is 18.4 Å². The molecule has 0 saturated heterocycles. The Balaban J connectivity index is 2.22. The highest BCUT2D eigenvalue weighted by atomic mass is 32.1. The summed E-state index contributed by atoms with van der Waals surface area (Å²) < 4.78 is 0. The molecule has 0 saturated carbocycles. The van der Waals surface area contributed by atoms with Gasteiger partial charge in [-0.3, -0.25) is 0 Å². The van der Waals surface area contributed by atoms with Crippen LogP contribution in [-0.2, 0) is 6.42 Å². The van der Waals surface area contributed by atoms with Crippen molar-refractivity contribution in [3.63, 3.8) is 0 Å². The molecule has 0 fully saturated rings. The molecular formula is C9H14O2S. The Morgan fingerprint density at radius 1 is 1.50 bits per heavy atom. The van der Waals surface area contributed by atoms with E-state index in [0.29, 0.717) is 19.3 Å². The Morgan fingerprint density at radius 2 is 2.33 bits per heavy atom. The predicted molar refractivity (Wildman–Crippen MR) is 50.3 cm³/mol. The van der Waals surface area contributed by atoms with E-state index in [4.69, 9.17) is 5.11 Å². The van der Waals surface area contributed by atoms with Crippen LogP contribution in [0.15, 0.2) is 16.8 Å². The number of hydrogen-bond acceptors (Lipinski definition) is 3. The quantitative estimate of drug-likeness (QED) is 0.730. The molecule has 0 radical (unpaired) electrons. The van der Waals surface area contributed by atoms with Gasteiger partial charge in [-0.05, 0) is 41.7 Å². The molecule has 1 atom stereocenters. The molecule has 2 N–H and O–H groups in total. The molecule has 1 unspecified atom stereocenters. The number of aliphatic hydroxyl groups is 2. The SMILES string of the molecule is OCCCC(O)Cc1ccsc1. The number of rotatable bonds is 5. The second-order valence-corrected chi connectivity index (χ2v) is 3.64. The molecule has 0 amide bonds. The molecule has 3 heteroatoms. The van der Waals surface area contributed by atoms with Gasteiger partial charge in [-0.1, -0.05) is 0 Å². The fourth-order valence-corrected chi connectivity index (χ4v) is 1.79. The van der Waals surface area contributed by atoms with Crippen molar-refractivity contribution < 1.29 is 10.2 Å². The largest absolute Gasteiger partial charge is 0.396 e. The average molecular weight is 186 g/mol. The second kappa shape index (κ2) is 5.30. The van der Waals surface area contributed by atoms with Crippen LogP contribution < -0.4 is 0 Å².